The summed E-state index contributed by atoms with van der Waals surface area (Å²) < 4.78 is 20.5. The van der Waals surface area contributed by atoms with Crippen LogP contribution in [0.3, 0.4) is 0 Å². The molecule has 0 aliphatic carbocycles. The number of amides is 1. The molecule has 9 nitrogen and oxygen atoms in total. The van der Waals surface area contributed by atoms with Crippen molar-refractivity contribution in [1.29, 1.82) is 0 Å². The maximum absolute atomic E-state index is 13.8. The molecule has 4 aromatic rings. The van der Waals surface area contributed by atoms with E-state index in [0.717, 1.165) is 27.8 Å². The lowest BCUT2D eigenvalue weighted by molar-refractivity contribution is 0.102. The lowest BCUT2D eigenvalue weighted by Gasteiger charge is -2.32. The third-order valence-corrected chi connectivity index (χ3v) is 5.68. The monoisotopic (exact) mass is 471 g/mol. The van der Waals surface area contributed by atoms with Gasteiger partial charge in [-0.15, -0.1) is 12.4 Å². The minimum absolute atomic E-state index is 0. The van der Waals surface area contributed by atoms with Gasteiger partial charge in [0.05, 0.1) is 22.6 Å². The summed E-state index contributed by atoms with van der Waals surface area (Å²) >= 11 is 0. The number of carbonyl (C=O) groups is 1. The summed E-state index contributed by atoms with van der Waals surface area (Å²) in [6.07, 6.45) is 4.22. The Balaban J connectivity index is 0.00000259. The van der Waals surface area contributed by atoms with Crippen molar-refractivity contribution in [3.05, 3.63) is 48.8 Å². The Morgan fingerprint density at radius 1 is 1.24 bits per heavy atom. The first-order chi connectivity index (χ1) is 15.5. The third-order valence-electron chi connectivity index (χ3n) is 5.68. The second-order valence-electron chi connectivity index (χ2n) is 7.82. The number of nitrogens with zero attached hydrogens (tertiary/aromatic N) is 5. The Labute approximate surface area is 195 Å². The highest BCUT2D eigenvalue weighted by Gasteiger charge is 2.24. The average Bonchev–Trinajstić information content (AvgIpc) is 3.41. The van der Waals surface area contributed by atoms with E-state index in [2.05, 4.69) is 25.3 Å². The van der Waals surface area contributed by atoms with Crippen molar-refractivity contribution in [2.45, 2.75) is 19.0 Å². The Morgan fingerprint density at radius 2 is 2.03 bits per heavy atom. The van der Waals surface area contributed by atoms with E-state index in [1.807, 2.05) is 25.2 Å². The van der Waals surface area contributed by atoms with Gasteiger partial charge in [-0.1, -0.05) is 0 Å². The largest absolute Gasteiger partial charge is 0.451 e. The van der Waals surface area contributed by atoms with Gasteiger partial charge in [0.15, 0.2) is 12.1 Å². The van der Waals surface area contributed by atoms with Crippen molar-refractivity contribution >= 4 is 46.4 Å². The Kier molecular flexibility index (Phi) is 6.19. The van der Waals surface area contributed by atoms with Crippen LogP contribution >= 0.6 is 12.4 Å². The number of aryl methyl sites for hydroxylation is 1. The molecule has 0 spiro atoms. The molecule has 0 bridgehead atoms. The maximum Gasteiger partial charge on any atom is 0.277 e. The van der Waals surface area contributed by atoms with Crippen LogP contribution in [-0.4, -0.2) is 44.9 Å². The first-order valence-electron chi connectivity index (χ1n) is 10.3. The fourth-order valence-electron chi connectivity index (χ4n) is 4.14. The molecule has 1 aliphatic heterocycles. The van der Waals surface area contributed by atoms with E-state index < -0.39 is 12.1 Å². The number of alkyl halides is 1. The van der Waals surface area contributed by atoms with E-state index in [1.165, 1.54) is 12.7 Å². The number of nitrogens with two attached hydrogens (primary N) is 1. The van der Waals surface area contributed by atoms with E-state index in [4.69, 9.17) is 10.2 Å². The topological polar surface area (TPSA) is 115 Å². The Bertz CT molecular complexity index is 1280. The molecule has 0 radical (unpaired) electrons. The predicted octanol–water partition coefficient (Wildman–Crippen LogP) is 3.82. The second-order valence-corrected chi connectivity index (χ2v) is 7.82. The van der Waals surface area contributed by atoms with Crippen LogP contribution < -0.4 is 16.0 Å². The van der Waals surface area contributed by atoms with Gasteiger partial charge in [-0.05, 0) is 37.1 Å². The fourth-order valence-corrected chi connectivity index (χ4v) is 4.14. The van der Waals surface area contributed by atoms with Gasteiger partial charge < -0.3 is 20.4 Å². The molecule has 1 saturated heterocycles. The number of rotatable bonds is 4. The molecule has 11 heteroatoms. The lowest BCUT2D eigenvalue weighted by atomic mass is 10.0. The van der Waals surface area contributed by atoms with E-state index in [1.54, 1.807) is 16.9 Å². The number of hydrogen-bond donors (Lipinski definition) is 2. The van der Waals surface area contributed by atoms with Gasteiger partial charge in [-0.25, -0.2) is 14.4 Å². The summed E-state index contributed by atoms with van der Waals surface area (Å²) in [6, 6.07) is 7.47. The highest BCUT2D eigenvalue weighted by molar-refractivity contribution is 6.07. The molecule has 5 rings (SSSR count). The highest BCUT2D eigenvalue weighted by Crippen LogP contribution is 2.37. The van der Waals surface area contributed by atoms with E-state index in [0.29, 0.717) is 37.4 Å². The van der Waals surface area contributed by atoms with Crippen LogP contribution in [0.25, 0.3) is 22.2 Å². The number of piperidine rings is 1. The highest BCUT2D eigenvalue weighted by atomic mass is 35.5. The molecular formula is C22H23ClFN7O2. The molecule has 33 heavy (non-hydrogen) atoms. The van der Waals surface area contributed by atoms with Crippen LogP contribution in [0.5, 0.6) is 0 Å². The molecule has 1 amide bonds. The van der Waals surface area contributed by atoms with Crippen molar-refractivity contribution in [1.82, 2.24) is 19.7 Å². The van der Waals surface area contributed by atoms with Crippen LogP contribution in [0, 0.1) is 0 Å². The van der Waals surface area contributed by atoms with Crippen molar-refractivity contribution in [2.75, 3.05) is 29.0 Å². The Morgan fingerprint density at radius 3 is 2.73 bits per heavy atom. The Hall–Kier alpha value is -3.66. The summed E-state index contributed by atoms with van der Waals surface area (Å²) in [5, 5.41) is 8.46. The number of benzene rings is 1. The van der Waals surface area contributed by atoms with Gasteiger partial charge in [-0.3, -0.25) is 9.48 Å². The third kappa shape index (κ3) is 4.34. The number of nitrogens with one attached hydrogen (secondary N) is 1. The number of fused-ring (bicyclic) bond motifs is 1. The number of halogens is 2. The number of hydrogen-bond acceptors (Lipinski definition) is 7. The standard InChI is InChI=1S/C22H22FN7O2.ClH/c1-29-21(13-2-5-25-20(24)8-13)15-9-17(27-22(31)18-11-32-12-26-18)19(10-16(15)28-29)30-6-3-14(23)4-7-30;/h2,5,8-12,14H,3-4,6-7H2,1H3,(H2,24,25)(H,27,31);1H. The zero-order valence-electron chi connectivity index (χ0n) is 17.9. The molecule has 172 valence electrons. The number of anilines is 3. The molecule has 1 aliphatic rings. The summed E-state index contributed by atoms with van der Waals surface area (Å²) in [5.74, 6) is 0.0143. The number of nitrogen functional groups attached to an aromatic ring is 1. The van der Waals surface area contributed by atoms with Gasteiger partial charge in [-0.2, -0.15) is 5.10 Å². The number of aromatic nitrogens is 4. The minimum atomic E-state index is -0.804. The van der Waals surface area contributed by atoms with Crippen molar-refractivity contribution < 1.29 is 13.6 Å². The number of oxazole rings is 1. The minimum Gasteiger partial charge on any atom is -0.451 e. The summed E-state index contributed by atoms with van der Waals surface area (Å²) in [5.41, 5.74) is 9.92. The SMILES string of the molecule is Cl.Cn1nc2cc(N3CCC(F)CC3)c(NC(=O)c3cocn3)cc2c1-c1ccnc(N)c1. The second kappa shape index (κ2) is 9.07. The van der Waals surface area contributed by atoms with Crippen molar-refractivity contribution in [3.63, 3.8) is 0 Å². The van der Waals surface area contributed by atoms with Gasteiger partial charge in [0.2, 0.25) is 0 Å². The van der Waals surface area contributed by atoms with E-state index in [-0.39, 0.29) is 18.1 Å². The van der Waals surface area contributed by atoms with E-state index in [9.17, 15) is 9.18 Å². The van der Waals surface area contributed by atoms with Crippen LogP contribution in [-0.2, 0) is 7.05 Å². The van der Waals surface area contributed by atoms with E-state index >= 15 is 0 Å². The number of pyridine rings is 1. The van der Waals surface area contributed by atoms with Crippen molar-refractivity contribution in [2.24, 2.45) is 7.05 Å². The summed E-state index contributed by atoms with van der Waals surface area (Å²) in [7, 11) is 1.86. The smallest absolute Gasteiger partial charge is 0.277 e. The summed E-state index contributed by atoms with van der Waals surface area (Å²) in [4.78, 5) is 22.8. The first-order valence-corrected chi connectivity index (χ1v) is 10.3. The normalized spacial score (nSPS) is 14.3. The molecule has 0 atom stereocenters. The molecular weight excluding hydrogens is 449 g/mol. The molecule has 1 fully saturated rings. The van der Waals surface area contributed by atoms with Crippen LogP contribution in [0.15, 0.2) is 47.5 Å². The molecule has 1 aromatic carbocycles. The maximum atomic E-state index is 13.8. The molecule has 3 aromatic heterocycles. The molecule has 4 heterocycles. The zero-order valence-corrected chi connectivity index (χ0v) is 18.7. The molecule has 0 saturated carbocycles. The van der Waals surface area contributed by atoms with Crippen LogP contribution in [0.1, 0.15) is 23.3 Å². The van der Waals surface area contributed by atoms with Crippen LogP contribution in [0.4, 0.5) is 21.6 Å². The fraction of sp³-hybridized carbons (Fsp3) is 0.273. The molecule has 3 N–H and O–H groups in total. The van der Waals surface area contributed by atoms with Gasteiger partial charge in [0.1, 0.15) is 18.3 Å². The predicted molar refractivity (Wildman–Crippen MR) is 126 cm³/mol. The van der Waals surface area contributed by atoms with Crippen LogP contribution in [0.2, 0.25) is 0 Å². The van der Waals surface area contributed by atoms with Crippen molar-refractivity contribution in [3.8, 4) is 11.3 Å². The average molecular weight is 472 g/mol. The van der Waals surface area contributed by atoms with Gasteiger partial charge in [0, 0.05) is 37.3 Å². The molecule has 0 unspecified atom stereocenters. The first kappa shape index (κ1) is 22.5. The quantitative estimate of drug-likeness (QED) is 0.465. The van der Waals surface area contributed by atoms with Gasteiger partial charge in [0.25, 0.3) is 5.91 Å². The van der Waals surface area contributed by atoms with Gasteiger partial charge >= 0.3 is 0 Å². The summed E-state index contributed by atoms with van der Waals surface area (Å²) in [6.45, 7) is 1.11. The number of carbonyl (C=O) groups excluding carboxylic acids is 1. The zero-order chi connectivity index (χ0) is 22.2. The lowest BCUT2D eigenvalue weighted by Crippen LogP contribution is -2.35.